The van der Waals surface area contributed by atoms with Crippen LogP contribution in [0.3, 0.4) is 0 Å². The molecule has 1 aromatic carbocycles. The summed E-state index contributed by atoms with van der Waals surface area (Å²) in [5.74, 6) is -0.424. The number of hydrogen-bond donors (Lipinski definition) is 4. The number of rotatable bonds is 0. The SMILES string of the molecule is Cl.Nc1ccc(O)c(N)c1O. The molecule has 0 atom stereocenters. The number of halogens is 1. The van der Waals surface area contributed by atoms with Gasteiger partial charge in [-0.3, -0.25) is 0 Å². The highest BCUT2D eigenvalue weighted by atomic mass is 35.5. The van der Waals surface area contributed by atoms with E-state index in [4.69, 9.17) is 21.7 Å². The van der Waals surface area contributed by atoms with Crippen molar-refractivity contribution in [3.63, 3.8) is 0 Å². The van der Waals surface area contributed by atoms with Gasteiger partial charge in [-0.05, 0) is 12.1 Å². The summed E-state index contributed by atoms with van der Waals surface area (Å²) in [5.41, 5.74) is 10.5. The van der Waals surface area contributed by atoms with Gasteiger partial charge in [0.25, 0.3) is 0 Å². The van der Waals surface area contributed by atoms with Crippen molar-refractivity contribution in [2.24, 2.45) is 0 Å². The van der Waals surface area contributed by atoms with Crippen LogP contribution in [0.5, 0.6) is 11.5 Å². The van der Waals surface area contributed by atoms with Gasteiger partial charge in [-0.1, -0.05) is 0 Å². The molecule has 1 rings (SSSR count). The third-order valence-corrected chi connectivity index (χ3v) is 1.23. The molecule has 6 N–H and O–H groups in total. The maximum atomic E-state index is 8.98. The van der Waals surface area contributed by atoms with E-state index in [9.17, 15) is 0 Å². The van der Waals surface area contributed by atoms with Gasteiger partial charge in [-0.2, -0.15) is 0 Å². The van der Waals surface area contributed by atoms with Crippen LogP contribution in [-0.4, -0.2) is 10.2 Å². The Morgan fingerprint density at radius 3 is 2.09 bits per heavy atom. The summed E-state index contributed by atoms with van der Waals surface area (Å²) in [5, 5.41) is 17.9. The molecule has 4 nitrogen and oxygen atoms in total. The van der Waals surface area contributed by atoms with Gasteiger partial charge < -0.3 is 21.7 Å². The Morgan fingerprint density at radius 1 is 1.09 bits per heavy atom. The highest BCUT2D eigenvalue weighted by Crippen LogP contribution is 2.34. The molecule has 0 bridgehead atoms. The number of aromatic hydroxyl groups is 2. The monoisotopic (exact) mass is 176 g/mol. The summed E-state index contributed by atoms with van der Waals surface area (Å²) in [6.07, 6.45) is 0. The van der Waals surface area contributed by atoms with Crippen molar-refractivity contribution in [2.45, 2.75) is 0 Å². The predicted octanol–water partition coefficient (Wildman–Crippen LogP) is 0.684. The topological polar surface area (TPSA) is 92.5 Å². The minimum atomic E-state index is -0.264. The van der Waals surface area contributed by atoms with Gasteiger partial charge >= 0.3 is 0 Å². The first-order valence-corrected chi connectivity index (χ1v) is 2.69. The largest absolute Gasteiger partial charge is 0.506 e. The van der Waals surface area contributed by atoms with E-state index in [1.165, 1.54) is 12.1 Å². The second-order valence-corrected chi connectivity index (χ2v) is 1.94. The molecule has 0 fully saturated rings. The molecular formula is C6H9ClN2O2. The predicted molar refractivity (Wildman–Crippen MR) is 45.8 cm³/mol. The fraction of sp³-hybridized carbons (Fsp3) is 0. The zero-order chi connectivity index (χ0) is 7.72. The van der Waals surface area contributed by atoms with E-state index in [0.29, 0.717) is 0 Å². The molecule has 0 aliphatic rings. The molecule has 1 aromatic rings. The van der Waals surface area contributed by atoms with Crippen molar-refractivity contribution in [3.05, 3.63) is 12.1 Å². The van der Waals surface area contributed by atoms with Gasteiger partial charge in [0, 0.05) is 0 Å². The lowest BCUT2D eigenvalue weighted by atomic mass is 10.2. The lowest BCUT2D eigenvalue weighted by Gasteiger charge is -2.02. The Morgan fingerprint density at radius 2 is 1.64 bits per heavy atom. The van der Waals surface area contributed by atoms with Crippen LogP contribution in [0.15, 0.2) is 12.1 Å². The molecule has 0 heterocycles. The first kappa shape index (κ1) is 9.71. The maximum absolute atomic E-state index is 8.98. The van der Waals surface area contributed by atoms with Gasteiger partial charge in [0.05, 0.1) is 5.69 Å². The molecule has 0 aromatic heterocycles. The Labute approximate surface area is 69.9 Å². The van der Waals surface area contributed by atoms with Crippen LogP contribution in [0.1, 0.15) is 0 Å². The number of nitrogens with two attached hydrogens (primary N) is 2. The van der Waals surface area contributed by atoms with Crippen LogP contribution in [-0.2, 0) is 0 Å². The zero-order valence-electron chi connectivity index (χ0n) is 5.61. The van der Waals surface area contributed by atoms with Crippen LogP contribution in [0.4, 0.5) is 11.4 Å². The molecule has 0 radical (unpaired) electrons. The Hall–Kier alpha value is -1.29. The number of benzene rings is 1. The molecule has 0 spiro atoms. The van der Waals surface area contributed by atoms with E-state index in [1.807, 2.05) is 0 Å². The Bertz CT molecular complexity index is 238. The fourth-order valence-corrected chi connectivity index (χ4v) is 0.614. The first-order valence-electron chi connectivity index (χ1n) is 2.69. The van der Waals surface area contributed by atoms with Gasteiger partial charge in [0.2, 0.25) is 0 Å². The smallest absolute Gasteiger partial charge is 0.165 e. The summed E-state index contributed by atoms with van der Waals surface area (Å²) in [6, 6.07) is 2.70. The second-order valence-electron chi connectivity index (χ2n) is 1.94. The highest BCUT2D eigenvalue weighted by Gasteiger charge is 2.04. The Balaban J connectivity index is 0.000001000. The minimum absolute atomic E-state index is 0. The third kappa shape index (κ3) is 1.59. The first-order chi connectivity index (χ1) is 4.63. The summed E-state index contributed by atoms with van der Waals surface area (Å²) < 4.78 is 0. The van der Waals surface area contributed by atoms with Crippen LogP contribution >= 0.6 is 12.4 Å². The van der Waals surface area contributed by atoms with Crippen LogP contribution in [0.25, 0.3) is 0 Å². The molecule has 5 heteroatoms. The molecule has 0 saturated carbocycles. The quantitative estimate of drug-likeness (QED) is 0.266. The summed E-state index contributed by atoms with van der Waals surface area (Å²) in [7, 11) is 0. The third-order valence-electron chi connectivity index (χ3n) is 1.23. The molecule has 0 unspecified atom stereocenters. The van der Waals surface area contributed by atoms with Crippen molar-refractivity contribution in [1.29, 1.82) is 0 Å². The number of nitrogen functional groups attached to an aromatic ring is 2. The van der Waals surface area contributed by atoms with Gasteiger partial charge in [0.15, 0.2) is 5.75 Å². The molecule has 62 valence electrons. The number of phenolic OH excluding ortho intramolecular Hbond substituents is 2. The molecule has 11 heavy (non-hydrogen) atoms. The minimum Gasteiger partial charge on any atom is -0.506 e. The lowest BCUT2D eigenvalue weighted by Crippen LogP contribution is -1.91. The normalized spacial score (nSPS) is 8.73. The van der Waals surface area contributed by atoms with E-state index in [0.717, 1.165) is 0 Å². The summed E-state index contributed by atoms with van der Waals surface area (Å²) >= 11 is 0. The molecule has 0 amide bonds. The number of hydrogen-bond acceptors (Lipinski definition) is 4. The molecule has 0 aliphatic carbocycles. The average Bonchev–Trinajstić information content (AvgIpc) is 1.93. The number of phenols is 2. The van der Waals surface area contributed by atoms with Crippen molar-refractivity contribution in [2.75, 3.05) is 11.5 Å². The van der Waals surface area contributed by atoms with Crippen LogP contribution in [0.2, 0.25) is 0 Å². The fourth-order valence-electron chi connectivity index (χ4n) is 0.614. The van der Waals surface area contributed by atoms with E-state index >= 15 is 0 Å². The van der Waals surface area contributed by atoms with Crippen molar-refractivity contribution in [1.82, 2.24) is 0 Å². The van der Waals surface area contributed by atoms with E-state index in [1.54, 1.807) is 0 Å². The van der Waals surface area contributed by atoms with Crippen molar-refractivity contribution in [3.8, 4) is 11.5 Å². The number of anilines is 2. The molecular weight excluding hydrogens is 168 g/mol. The zero-order valence-corrected chi connectivity index (χ0v) is 6.43. The van der Waals surface area contributed by atoms with E-state index < -0.39 is 0 Å². The summed E-state index contributed by atoms with van der Waals surface area (Å²) in [6.45, 7) is 0. The van der Waals surface area contributed by atoms with Gasteiger partial charge in [0.1, 0.15) is 11.4 Å². The second kappa shape index (κ2) is 3.21. The molecule has 0 aliphatic heterocycles. The van der Waals surface area contributed by atoms with E-state index in [2.05, 4.69) is 0 Å². The standard InChI is InChI=1S/C6H8N2O2.ClH/c7-3-1-2-4(9)5(8)6(3)10;/h1-2,9-10H,7-8H2;1H. The van der Waals surface area contributed by atoms with E-state index in [-0.39, 0.29) is 35.3 Å². The maximum Gasteiger partial charge on any atom is 0.165 e. The van der Waals surface area contributed by atoms with Crippen LogP contribution in [0, 0.1) is 0 Å². The Kier molecular flexibility index (Phi) is 2.83. The molecule has 0 saturated heterocycles. The van der Waals surface area contributed by atoms with Crippen LogP contribution < -0.4 is 11.5 Å². The van der Waals surface area contributed by atoms with Gasteiger partial charge in [-0.25, -0.2) is 0 Å². The van der Waals surface area contributed by atoms with Gasteiger partial charge in [-0.15, -0.1) is 12.4 Å². The van der Waals surface area contributed by atoms with Crippen molar-refractivity contribution < 1.29 is 10.2 Å². The lowest BCUT2D eigenvalue weighted by molar-refractivity contribution is 0.457. The summed E-state index contributed by atoms with van der Waals surface area (Å²) in [4.78, 5) is 0. The average molecular weight is 177 g/mol. The highest BCUT2D eigenvalue weighted by molar-refractivity contribution is 5.85. The van der Waals surface area contributed by atoms with Crippen molar-refractivity contribution >= 4 is 23.8 Å².